The standard InChI is InChI=1S/2C13H16O2Si.2C10H8O2/c1-16(2,3)10-4-7-13-8-5-11(14)12(15-13)6-9-13;1-16(2,3)10-4-8-13-9-7-11(15-13)5-6-12(13)14;1-2-5-10-6-3-8(11)9(12-10)4-7-10;1-2-6-10-7-5-8(12-10)3-4-9(10)11/h5-6,8-9,12H,7H2,1-3H3;5-7,9,11H,8H2,1-3H3;1,3-4,6-7,9H,5H2;1,3-5,7-8H,6H2. The molecule has 0 spiro atoms. The van der Waals surface area contributed by atoms with E-state index in [9.17, 15) is 19.2 Å². The number of hydrogen-bond donors (Lipinski definition) is 0. The van der Waals surface area contributed by atoms with E-state index in [2.05, 4.69) is 74.1 Å². The van der Waals surface area contributed by atoms with Crippen molar-refractivity contribution in [3.8, 4) is 47.6 Å². The number of ether oxygens (including phenoxy) is 4. The zero-order valence-corrected chi connectivity index (χ0v) is 34.8. The number of terminal acetylenes is 2. The van der Waals surface area contributed by atoms with Gasteiger partial charge in [-0.05, 0) is 85.1 Å². The van der Waals surface area contributed by atoms with E-state index >= 15 is 0 Å². The van der Waals surface area contributed by atoms with Gasteiger partial charge in [0.25, 0.3) is 0 Å². The minimum Gasteiger partial charge on any atom is -0.350 e. The normalized spacial score (nSPS) is 33.8. The van der Waals surface area contributed by atoms with Gasteiger partial charge in [0.2, 0.25) is 0 Å². The highest BCUT2D eigenvalue weighted by molar-refractivity contribution is 6.84. The Hall–Kier alpha value is -4.89. The number of carbonyl (C=O) groups excluding carboxylic acids is 4. The lowest BCUT2D eigenvalue weighted by Gasteiger charge is -2.26. The van der Waals surface area contributed by atoms with Crippen LogP contribution in [0.4, 0.5) is 0 Å². The first-order chi connectivity index (χ1) is 26.3. The van der Waals surface area contributed by atoms with Crippen molar-refractivity contribution >= 4 is 39.3 Å². The second kappa shape index (κ2) is 16.7. The molecule has 56 heavy (non-hydrogen) atoms. The average Bonchev–Trinajstić information content (AvgIpc) is 3.88. The van der Waals surface area contributed by atoms with Gasteiger partial charge in [-0.2, -0.15) is 0 Å². The fraction of sp³-hybridized carbons (Fsp3) is 0.391. The van der Waals surface area contributed by atoms with E-state index in [0.717, 1.165) is 0 Å². The highest BCUT2D eigenvalue weighted by Gasteiger charge is 2.44. The van der Waals surface area contributed by atoms with Crippen molar-refractivity contribution < 1.29 is 38.1 Å². The average molecular weight is 785 g/mol. The lowest BCUT2D eigenvalue weighted by Crippen LogP contribution is -2.39. The molecule has 8 rings (SSSR count). The van der Waals surface area contributed by atoms with Gasteiger partial charge >= 0.3 is 0 Å². The van der Waals surface area contributed by atoms with E-state index in [1.807, 2.05) is 42.5 Å². The number of ketones is 4. The van der Waals surface area contributed by atoms with Crippen molar-refractivity contribution in [2.45, 2.75) is 112 Å². The molecule has 0 amide bonds. The van der Waals surface area contributed by atoms with E-state index in [4.69, 9.17) is 31.8 Å². The molecule has 0 fully saturated rings. The van der Waals surface area contributed by atoms with Crippen molar-refractivity contribution in [1.29, 1.82) is 0 Å². The summed E-state index contributed by atoms with van der Waals surface area (Å²) in [7, 11) is -2.69. The molecule has 0 aliphatic carbocycles. The summed E-state index contributed by atoms with van der Waals surface area (Å²) in [5, 5.41) is 0. The highest BCUT2D eigenvalue weighted by Crippen LogP contribution is 2.35. The SMILES string of the molecule is C#CCC12C=CC(=O)C(C=C1)O2.C#CCC12C=CC(C=CC1=O)O2.C[Si](C)(C)C#CCC12C=CC(=O)C(C=C1)O2.C[Si](C)(C)C#CCC12C=CC(C=CC1=O)O2. The van der Waals surface area contributed by atoms with Crippen molar-refractivity contribution in [3.05, 3.63) is 97.2 Å². The van der Waals surface area contributed by atoms with Crippen molar-refractivity contribution in [2.75, 3.05) is 0 Å². The molecular formula is C46H48O8Si2. The highest BCUT2D eigenvalue weighted by atomic mass is 28.3. The molecule has 0 aromatic carbocycles. The first-order valence-corrected chi connectivity index (χ1v) is 25.6. The van der Waals surface area contributed by atoms with E-state index in [-0.39, 0.29) is 41.4 Å². The zero-order chi connectivity index (χ0) is 40.8. The fourth-order valence-corrected chi connectivity index (χ4v) is 7.67. The maximum Gasteiger partial charge on any atom is 0.192 e. The summed E-state index contributed by atoms with van der Waals surface area (Å²) < 4.78 is 22.2. The van der Waals surface area contributed by atoms with Gasteiger partial charge in [0.15, 0.2) is 34.3 Å². The third-order valence-electron chi connectivity index (χ3n) is 9.32. The van der Waals surface area contributed by atoms with Crippen LogP contribution in [0.2, 0.25) is 39.3 Å². The summed E-state index contributed by atoms with van der Waals surface area (Å²) >= 11 is 0. The summed E-state index contributed by atoms with van der Waals surface area (Å²) in [6.07, 6.45) is 39.7. The molecule has 8 aliphatic heterocycles. The summed E-state index contributed by atoms with van der Waals surface area (Å²) in [6, 6.07) is 0. The van der Waals surface area contributed by atoms with Crippen LogP contribution in [-0.2, 0) is 38.1 Å². The van der Waals surface area contributed by atoms with Crippen LogP contribution in [0.5, 0.6) is 0 Å². The lowest BCUT2D eigenvalue weighted by atomic mass is 9.94. The van der Waals surface area contributed by atoms with Gasteiger partial charge in [-0.15, -0.1) is 47.6 Å². The minimum atomic E-state index is -1.37. The first kappa shape index (κ1) is 42.3. The Kier molecular flexibility index (Phi) is 12.6. The molecule has 0 aromatic rings. The van der Waals surface area contributed by atoms with Gasteiger partial charge in [-0.3, -0.25) is 19.2 Å². The Bertz CT molecular complexity index is 2100. The second-order valence-electron chi connectivity index (χ2n) is 16.5. The van der Waals surface area contributed by atoms with Gasteiger partial charge in [0.05, 0.1) is 12.2 Å². The quantitative estimate of drug-likeness (QED) is 0.198. The van der Waals surface area contributed by atoms with Crippen molar-refractivity contribution in [1.82, 2.24) is 0 Å². The first-order valence-electron chi connectivity index (χ1n) is 18.6. The lowest BCUT2D eigenvalue weighted by molar-refractivity contribution is -0.134. The molecule has 8 aliphatic rings. The van der Waals surface area contributed by atoms with Crippen LogP contribution in [0, 0.1) is 47.6 Å². The number of fused-ring (bicyclic) bond motifs is 8. The topological polar surface area (TPSA) is 105 Å². The van der Waals surface area contributed by atoms with Crippen molar-refractivity contribution in [3.63, 3.8) is 0 Å². The minimum absolute atomic E-state index is 0.00334. The smallest absolute Gasteiger partial charge is 0.192 e. The molecule has 0 aromatic heterocycles. The molecule has 8 atom stereocenters. The van der Waals surface area contributed by atoms with Gasteiger partial charge in [-0.1, -0.05) is 51.4 Å². The van der Waals surface area contributed by atoms with Gasteiger partial charge in [0, 0.05) is 25.7 Å². The third kappa shape index (κ3) is 10.3. The molecule has 8 nitrogen and oxygen atoms in total. The van der Waals surface area contributed by atoms with E-state index in [1.165, 1.54) is 0 Å². The zero-order valence-electron chi connectivity index (χ0n) is 32.8. The predicted octanol–water partition coefficient (Wildman–Crippen LogP) is 5.86. The molecule has 10 heteroatoms. The monoisotopic (exact) mass is 784 g/mol. The predicted molar refractivity (Wildman–Crippen MR) is 222 cm³/mol. The van der Waals surface area contributed by atoms with Gasteiger partial charge in [0.1, 0.15) is 39.6 Å². The number of carbonyl (C=O) groups is 4. The molecule has 0 saturated carbocycles. The van der Waals surface area contributed by atoms with Gasteiger partial charge < -0.3 is 18.9 Å². The van der Waals surface area contributed by atoms with Crippen molar-refractivity contribution in [2.24, 2.45) is 0 Å². The Morgan fingerprint density at radius 3 is 1.39 bits per heavy atom. The fourth-order valence-electron chi connectivity index (χ4n) is 6.43. The summed E-state index contributed by atoms with van der Waals surface area (Å²) in [4.78, 5) is 45.6. The summed E-state index contributed by atoms with van der Waals surface area (Å²) in [5.74, 6) is 11.3. The van der Waals surface area contributed by atoms with E-state index in [1.54, 1.807) is 54.7 Å². The molecular weight excluding hydrogens is 737 g/mol. The van der Waals surface area contributed by atoms with Crippen LogP contribution in [-0.4, -0.2) is 86.1 Å². The molecule has 288 valence electrons. The van der Waals surface area contributed by atoms with Crippen LogP contribution in [0.3, 0.4) is 0 Å². The van der Waals surface area contributed by atoms with Gasteiger partial charge in [-0.25, -0.2) is 0 Å². The summed E-state index contributed by atoms with van der Waals surface area (Å²) in [5.41, 5.74) is 4.02. The Balaban J connectivity index is 0.000000144. The largest absolute Gasteiger partial charge is 0.350 e. The summed E-state index contributed by atoms with van der Waals surface area (Å²) in [6.45, 7) is 13.2. The van der Waals surface area contributed by atoms with E-state index < -0.39 is 44.7 Å². The van der Waals surface area contributed by atoms with E-state index in [0.29, 0.717) is 25.7 Å². The van der Waals surface area contributed by atoms with Crippen LogP contribution in [0.15, 0.2) is 97.2 Å². The maximum absolute atomic E-state index is 11.8. The van der Waals surface area contributed by atoms with Crippen LogP contribution < -0.4 is 0 Å². The van der Waals surface area contributed by atoms with Crippen LogP contribution in [0.1, 0.15) is 25.7 Å². The second-order valence-corrected chi connectivity index (χ2v) is 26.0. The Morgan fingerprint density at radius 2 is 0.946 bits per heavy atom. The maximum atomic E-state index is 11.8. The number of hydrogen-bond acceptors (Lipinski definition) is 8. The molecule has 8 heterocycles. The van der Waals surface area contributed by atoms with Crippen LogP contribution >= 0.6 is 0 Å². The molecule has 8 unspecified atom stereocenters. The molecule has 0 radical (unpaired) electrons. The number of rotatable bonds is 4. The molecule has 8 bridgehead atoms. The molecule has 0 N–H and O–H groups in total. The Labute approximate surface area is 332 Å². The molecule has 0 saturated heterocycles. The Morgan fingerprint density at radius 1 is 0.518 bits per heavy atom. The third-order valence-corrected chi connectivity index (χ3v) is 11.2. The van der Waals surface area contributed by atoms with Crippen LogP contribution in [0.25, 0.3) is 0 Å².